The number of nitrogens with zero attached hydrogens (tertiary/aromatic N) is 3. The molecule has 0 atom stereocenters. The smallest absolute Gasteiger partial charge is 0.289 e. The average molecular weight is 529 g/mol. The summed E-state index contributed by atoms with van der Waals surface area (Å²) in [5, 5.41) is 4.32. The Kier molecular flexibility index (Phi) is 7.10. The summed E-state index contributed by atoms with van der Waals surface area (Å²) in [5.74, 6) is 1.24. The maximum absolute atomic E-state index is 12.4. The Morgan fingerprint density at radius 1 is 1.14 bits per heavy atom. The summed E-state index contributed by atoms with van der Waals surface area (Å²) in [4.78, 5) is 20.9. The van der Waals surface area contributed by atoms with Gasteiger partial charge in [-0.15, -0.1) is 24.0 Å². The van der Waals surface area contributed by atoms with Crippen LogP contribution in [-0.2, 0) is 5.41 Å². The zero-order valence-corrected chi connectivity index (χ0v) is 19.5. The highest BCUT2D eigenvalue weighted by Crippen LogP contribution is 2.47. The first-order valence-electron chi connectivity index (χ1n) is 9.66. The lowest BCUT2D eigenvalue weighted by atomic mass is 9.96. The van der Waals surface area contributed by atoms with Gasteiger partial charge in [-0.1, -0.05) is 23.7 Å². The van der Waals surface area contributed by atoms with Gasteiger partial charge in [0.2, 0.25) is 0 Å². The maximum Gasteiger partial charge on any atom is 0.289 e. The molecule has 4 rings (SSSR count). The summed E-state index contributed by atoms with van der Waals surface area (Å²) >= 11 is 6.03. The second kappa shape index (κ2) is 9.38. The zero-order chi connectivity index (χ0) is 19.6. The minimum atomic E-state index is -0.0488. The number of benzene rings is 1. The first kappa shape index (κ1) is 22.0. The highest BCUT2D eigenvalue weighted by molar-refractivity contribution is 14.0. The lowest BCUT2D eigenvalue weighted by Gasteiger charge is -2.36. The minimum Gasteiger partial charge on any atom is -0.459 e. The van der Waals surface area contributed by atoms with Crippen molar-refractivity contribution in [1.29, 1.82) is 0 Å². The highest BCUT2D eigenvalue weighted by Gasteiger charge is 2.44. The Bertz CT molecular complexity index is 842. The Labute approximate surface area is 193 Å². The fourth-order valence-electron chi connectivity index (χ4n) is 3.78. The van der Waals surface area contributed by atoms with E-state index in [1.165, 1.54) is 24.7 Å². The van der Waals surface area contributed by atoms with Crippen LogP contribution in [0.3, 0.4) is 0 Å². The van der Waals surface area contributed by atoms with Gasteiger partial charge in [-0.05, 0) is 42.7 Å². The Morgan fingerprint density at radius 2 is 1.79 bits per heavy atom. The summed E-state index contributed by atoms with van der Waals surface area (Å²) in [5.41, 5.74) is 1.51. The molecule has 156 valence electrons. The molecule has 1 amide bonds. The van der Waals surface area contributed by atoms with Gasteiger partial charge >= 0.3 is 0 Å². The molecule has 29 heavy (non-hydrogen) atoms. The lowest BCUT2D eigenvalue weighted by Crippen LogP contribution is -2.54. The predicted molar refractivity (Wildman–Crippen MR) is 125 cm³/mol. The summed E-state index contributed by atoms with van der Waals surface area (Å²) in [6.07, 6.45) is 3.87. The fraction of sp³-hybridized carbons (Fsp3) is 0.429. The maximum atomic E-state index is 12.4. The first-order chi connectivity index (χ1) is 13.6. The largest absolute Gasteiger partial charge is 0.459 e. The van der Waals surface area contributed by atoms with E-state index in [0.717, 1.165) is 30.6 Å². The van der Waals surface area contributed by atoms with E-state index in [2.05, 4.69) is 27.3 Å². The number of amides is 1. The van der Waals surface area contributed by atoms with Gasteiger partial charge in [0.05, 0.1) is 6.26 Å². The van der Waals surface area contributed by atoms with Gasteiger partial charge in [-0.25, -0.2) is 0 Å². The van der Waals surface area contributed by atoms with Crippen molar-refractivity contribution in [2.45, 2.75) is 18.3 Å². The highest BCUT2D eigenvalue weighted by atomic mass is 127. The van der Waals surface area contributed by atoms with Crippen LogP contribution in [0.2, 0.25) is 5.02 Å². The van der Waals surface area contributed by atoms with Gasteiger partial charge < -0.3 is 19.5 Å². The third-order valence-corrected chi connectivity index (χ3v) is 5.96. The molecule has 0 radical (unpaired) electrons. The van der Waals surface area contributed by atoms with Crippen LogP contribution in [0.15, 0.2) is 52.1 Å². The van der Waals surface area contributed by atoms with E-state index < -0.39 is 0 Å². The molecule has 1 aromatic heterocycles. The van der Waals surface area contributed by atoms with Crippen molar-refractivity contribution in [2.75, 3.05) is 39.8 Å². The molecule has 1 aliphatic carbocycles. The summed E-state index contributed by atoms with van der Waals surface area (Å²) in [7, 11) is 1.81. The van der Waals surface area contributed by atoms with Crippen LogP contribution in [0.5, 0.6) is 0 Å². The van der Waals surface area contributed by atoms with E-state index in [9.17, 15) is 4.79 Å². The second-order valence-electron chi connectivity index (χ2n) is 7.44. The molecule has 1 saturated carbocycles. The third-order valence-electron chi connectivity index (χ3n) is 5.71. The van der Waals surface area contributed by atoms with Crippen molar-refractivity contribution in [3.63, 3.8) is 0 Å². The number of furan rings is 1. The topological polar surface area (TPSA) is 61.1 Å². The van der Waals surface area contributed by atoms with E-state index in [-0.39, 0.29) is 35.3 Å². The Balaban J connectivity index is 0.00000240. The van der Waals surface area contributed by atoms with Gasteiger partial charge in [0, 0.05) is 50.2 Å². The number of nitrogens with one attached hydrogen (secondary N) is 1. The van der Waals surface area contributed by atoms with E-state index in [1.807, 2.05) is 24.1 Å². The van der Waals surface area contributed by atoms with Crippen LogP contribution in [0, 0.1) is 0 Å². The summed E-state index contributed by atoms with van der Waals surface area (Å²) in [6.45, 7) is 3.66. The zero-order valence-electron chi connectivity index (χ0n) is 16.4. The molecule has 1 aromatic carbocycles. The van der Waals surface area contributed by atoms with Crippen LogP contribution in [0.25, 0.3) is 0 Å². The monoisotopic (exact) mass is 528 g/mol. The molecule has 0 bridgehead atoms. The number of halogens is 2. The number of aliphatic imine (C=N–C) groups is 1. The van der Waals surface area contributed by atoms with Crippen molar-refractivity contribution in [3.8, 4) is 0 Å². The number of carbonyl (C=O) groups is 1. The SMILES string of the molecule is CN=C(NCC1(c2ccc(Cl)cc2)CC1)N1CCN(C(=O)c2ccco2)CC1.I. The quantitative estimate of drug-likeness (QED) is 0.374. The summed E-state index contributed by atoms with van der Waals surface area (Å²) in [6, 6.07) is 11.6. The molecule has 1 saturated heterocycles. The van der Waals surface area contributed by atoms with Crippen LogP contribution in [0.4, 0.5) is 0 Å². The number of guanidine groups is 1. The molecule has 1 N–H and O–H groups in total. The molecular weight excluding hydrogens is 503 g/mol. The van der Waals surface area contributed by atoms with Gasteiger partial charge in [0.1, 0.15) is 0 Å². The van der Waals surface area contributed by atoms with Crippen molar-refractivity contribution in [1.82, 2.24) is 15.1 Å². The number of carbonyl (C=O) groups excluding carboxylic acids is 1. The predicted octanol–water partition coefficient (Wildman–Crippen LogP) is 3.62. The van der Waals surface area contributed by atoms with Crippen LogP contribution >= 0.6 is 35.6 Å². The molecule has 8 heteroatoms. The van der Waals surface area contributed by atoms with Crippen molar-refractivity contribution in [2.24, 2.45) is 4.99 Å². The van der Waals surface area contributed by atoms with Crippen LogP contribution < -0.4 is 5.32 Å². The van der Waals surface area contributed by atoms with E-state index >= 15 is 0 Å². The number of hydrogen-bond donors (Lipinski definition) is 1. The van der Waals surface area contributed by atoms with Gasteiger partial charge in [0.25, 0.3) is 5.91 Å². The minimum absolute atomic E-state index is 0. The van der Waals surface area contributed by atoms with Crippen LogP contribution in [0.1, 0.15) is 29.0 Å². The molecule has 2 fully saturated rings. The molecule has 0 unspecified atom stereocenters. The second-order valence-corrected chi connectivity index (χ2v) is 7.88. The standard InChI is InChI=1S/C21H25ClN4O2.HI/c1-23-20(24-15-21(8-9-21)16-4-6-17(22)7-5-16)26-12-10-25(11-13-26)19(27)18-3-2-14-28-18;/h2-7,14H,8-13,15H2,1H3,(H,23,24);1H. The third kappa shape index (κ3) is 4.88. The van der Waals surface area contributed by atoms with Gasteiger partial charge in [0.15, 0.2) is 11.7 Å². The molecule has 0 spiro atoms. The first-order valence-corrected chi connectivity index (χ1v) is 10.0. The Morgan fingerprint density at radius 3 is 2.34 bits per heavy atom. The molecule has 2 aromatic rings. The van der Waals surface area contributed by atoms with Crippen LogP contribution in [-0.4, -0.2) is 61.4 Å². The lowest BCUT2D eigenvalue weighted by molar-refractivity contribution is 0.0657. The van der Waals surface area contributed by atoms with E-state index in [1.54, 1.807) is 12.1 Å². The summed E-state index contributed by atoms with van der Waals surface area (Å²) < 4.78 is 5.23. The molecule has 1 aliphatic heterocycles. The van der Waals surface area contributed by atoms with E-state index in [4.69, 9.17) is 16.0 Å². The van der Waals surface area contributed by atoms with E-state index in [0.29, 0.717) is 18.8 Å². The number of piperazine rings is 1. The molecule has 2 aliphatic rings. The van der Waals surface area contributed by atoms with Crippen molar-refractivity contribution >= 4 is 47.4 Å². The molecular formula is C21H26ClIN4O2. The van der Waals surface area contributed by atoms with Crippen molar-refractivity contribution < 1.29 is 9.21 Å². The average Bonchev–Trinajstić information content (AvgIpc) is 3.31. The van der Waals surface area contributed by atoms with Gasteiger partial charge in [-0.3, -0.25) is 9.79 Å². The van der Waals surface area contributed by atoms with Crippen molar-refractivity contribution in [3.05, 3.63) is 59.0 Å². The number of hydrogen-bond acceptors (Lipinski definition) is 3. The molecule has 6 nitrogen and oxygen atoms in total. The molecule has 2 heterocycles. The van der Waals surface area contributed by atoms with Gasteiger partial charge in [-0.2, -0.15) is 0 Å². The fourth-order valence-corrected chi connectivity index (χ4v) is 3.91. The number of rotatable bonds is 4. The normalized spacial score (nSPS) is 18.2. The Hall–Kier alpha value is -1.74.